The third-order valence-electron chi connectivity index (χ3n) is 2.96. The maximum Gasteiger partial charge on any atom is 0.127 e. The highest BCUT2D eigenvalue weighted by Crippen LogP contribution is 2.30. The second kappa shape index (κ2) is 5.61. The van der Waals surface area contributed by atoms with Gasteiger partial charge in [0.15, 0.2) is 0 Å². The lowest BCUT2D eigenvalue weighted by Crippen LogP contribution is -2.00. The van der Waals surface area contributed by atoms with E-state index in [1.807, 2.05) is 31.2 Å². The topological polar surface area (TPSA) is 0 Å². The monoisotopic (exact) mass is 310 g/mol. The van der Waals surface area contributed by atoms with Gasteiger partial charge >= 0.3 is 0 Å². The lowest BCUT2D eigenvalue weighted by atomic mass is 10.0. The van der Waals surface area contributed by atoms with Crippen LogP contribution >= 0.6 is 15.9 Å². The Morgan fingerprint density at radius 2 is 1.83 bits per heavy atom. The molecule has 94 valence electrons. The highest BCUT2D eigenvalue weighted by molar-refractivity contribution is 9.09. The van der Waals surface area contributed by atoms with Gasteiger partial charge < -0.3 is 0 Å². The molecule has 0 nitrogen and oxygen atoms in total. The molecule has 0 saturated carbocycles. The summed E-state index contributed by atoms with van der Waals surface area (Å²) < 4.78 is 26.8. The fourth-order valence-electron chi connectivity index (χ4n) is 1.90. The Morgan fingerprint density at radius 3 is 2.56 bits per heavy atom. The second-order valence-electron chi connectivity index (χ2n) is 4.26. The van der Waals surface area contributed by atoms with E-state index < -0.39 is 5.82 Å². The van der Waals surface area contributed by atoms with Crippen LogP contribution in [0.1, 0.15) is 21.5 Å². The highest BCUT2D eigenvalue weighted by Gasteiger charge is 2.15. The molecule has 0 aliphatic rings. The van der Waals surface area contributed by atoms with Crippen LogP contribution in [0.2, 0.25) is 0 Å². The van der Waals surface area contributed by atoms with Gasteiger partial charge in [0.1, 0.15) is 11.6 Å². The van der Waals surface area contributed by atoms with E-state index in [4.69, 9.17) is 0 Å². The first kappa shape index (κ1) is 13.2. The summed E-state index contributed by atoms with van der Waals surface area (Å²) in [5.41, 5.74) is 2.64. The summed E-state index contributed by atoms with van der Waals surface area (Å²) in [7, 11) is 0. The standard InChI is InChI=1S/C15H13BrF2/c1-10-4-2-3-5-11(10)8-14(16)13-9-12(17)6-7-15(13)18/h2-7,9,14H,8H2,1H3. The number of hydrogen-bond donors (Lipinski definition) is 0. The Labute approximate surface area is 114 Å². The van der Waals surface area contributed by atoms with Gasteiger partial charge in [-0.15, -0.1) is 0 Å². The fourth-order valence-corrected chi connectivity index (χ4v) is 2.60. The molecule has 0 amide bonds. The lowest BCUT2D eigenvalue weighted by Gasteiger charge is -2.13. The molecule has 0 aliphatic heterocycles. The van der Waals surface area contributed by atoms with Crippen molar-refractivity contribution in [2.75, 3.05) is 0 Å². The SMILES string of the molecule is Cc1ccccc1CC(Br)c1cc(F)ccc1F. The van der Waals surface area contributed by atoms with Crippen LogP contribution < -0.4 is 0 Å². The molecule has 0 aromatic heterocycles. The quantitative estimate of drug-likeness (QED) is 0.703. The number of halogens is 3. The van der Waals surface area contributed by atoms with Crippen LogP contribution in [0, 0.1) is 18.6 Å². The molecule has 0 N–H and O–H groups in total. The minimum atomic E-state index is -0.416. The first-order chi connectivity index (χ1) is 8.58. The van der Waals surface area contributed by atoms with Gasteiger partial charge in [-0.05, 0) is 42.7 Å². The average Bonchev–Trinajstić information content (AvgIpc) is 2.35. The van der Waals surface area contributed by atoms with Gasteiger partial charge in [-0.25, -0.2) is 8.78 Å². The van der Waals surface area contributed by atoms with Crippen LogP contribution in [-0.4, -0.2) is 0 Å². The normalized spacial score (nSPS) is 12.4. The molecule has 0 fully saturated rings. The molecule has 1 unspecified atom stereocenters. The van der Waals surface area contributed by atoms with Gasteiger partial charge in [-0.1, -0.05) is 40.2 Å². The van der Waals surface area contributed by atoms with Crippen LogP contribution in [0.25, 0.3) is 0 Å². The van der Waals surface area contributed by atoms with E-state index in [1.165, 1.54) is 6.07 Å². The molecule has 3 heteroatoms. The van der Waals surface area contributed by atoms with Crippen molar-refractivity contribution in [2.24, 2.45) is 0 Å². The van der Waals surface area contributed by atoms with Crippen LogP contribution in [0.15, 0.2) is 42.5 Å². The zero-order chi connectivity index (χ0) is 13.1. The van der Waals surface area contributed by atoms with Gasteiger partial charge in [0.2, 0.25) is 0 Å². The Morgan fingerprint density at radius 1 is 1.11 bits per heavy atom. The summed E-state index contributed by atoms with van der Waals surface area (Å²) in [6.07, 6.45) is 0.632. The molecule has 2 aromatic rings. The summed E-state index contributed by atoms with van der Waals surface area (Å²) in [5, 5.41) is 0. The molecule has 0 bridgehead atoms. The molecule has 2 aromatic carbocycles. The van der Waals surface area contributed by atoms with Crippen molar-refractivity contribution in [1.29, 1.82) is 0 Å². The van der Waals surface area contributed by atoms with Gasteiger partial charge in [0.25, 0.3) is 0 Å². The van der Waals surface area contributed by atoms with Gasteiger partial charge in [0.05, 0.1) is 0 Å². The van der Waals surface area contributed by atoms with E-state index in [9.17, 15) is 8.78 Å². The maximum absolute atomic E-state index is 13.6. The van der Waals surface area contributed by atoms with Crippen molar-refractivity contribution < 1.29 is 8.78 Å². The number of alkyl halides is 1. The van der Waals surface area contributed by atoms with E-state index in [-0.39, 0.29) is 10.6 Å². The summed E-state index contributed by atoms with van der Waals surface area (Å²) in [6, 6.07) is 11.5. The Balaban J connectivity index is 2.25. The maximum atomic E-state index is 13.6. The van der Waals surface area contributed by atoms with E-state index in [0.29, 0.717) is 12.0 Å². The first-order valence-corrected chi connectivity index (χ1v) is 6.63. The number of benzene rings is 2. The van der Waals surface area contributed by atoms with Crippen LogP contribution in [0.5, 0.6) is 0 Å². The molecule has 0 saturated heterocycles. The molecule has 0 aliphatic carbocycles. The average molecular weight is 311 g/mol. The van der Waals surface area contributed by atoms with Crippen LogP contribution in [0.4, 0.5) is 8.78 Å². The number of rotatable bonds is 3. The van der Waals surface area contributed by atoms with Gasteiger partial charge in [-0.3, -0.25) is 0 Å². The van der Waals surface area contributed by atoms with Crippen molar-refractivity contribution in [3.05, 3.63) is 70.8 Å². The molecule has 0 spiro atoms. The van der Waals surface area contributed by atoms with E-state index in [1.54, 1.807) is 0 Å². The van der Waals surface area contributed by atoms with Gasteiger partial charge in [-0.2, -0.15) is 0 Å². The number of hydrogen-bond acceptors (Lipinski definition) is 0. The molecule has 18 heavy (non-hydrogen) atoms. The molecule has 2 rings (SSSR count). The molecular weight excluding hydrogens is 298 g/mol. The van der Waals surface area contributed by atoms with Crippen molar-refractivity contribution >= 4 is 15.9 Å². The van der Waals surface area contributed by atoms with E-state index >= 15 is 0 Å². The summed E-state index contributed by atoms with van der Waals surface area (Å²) >= 11 is 3.44. The molecule has 0 radical (unpaired) electrons. The van der Waals surface area contributed by atoms with Crippen molar-refractivity contribution in [2.45, 2.75) is 18.2 Å². The van der Waals surface area contributed by atoms with Crippen molar-refractivity contribution in [3.8, 4) is 0 Å². The third kappa shape index (κ3) is 2.96. The van der Waals surface area contributed by atoms with Crippen LogP contribution in [-0.2, 0) is 6.42 Å². The van der Waals surface area contributed by atoms with Gasteiger partial charge in [0, 0.05) is 10.4 Å². The highest BCUT2D eigenvalue weighted by atomic mass is 79.9. The predicted octanol–water partition coefficient (Wildman–Crippen LogP) is 4.95. The summed E-state index contributed by atoms with van der Waals surface area (Å²) in [5.74, 6) is -0.799. The Bertz CT molecular complexity index is 552. The summed E-state index contributed by atoms with van der Waals surface area (Å²) in [4.78, 5) is -0.228. The largest absolute Gasteiger partial charge is 0.207 e. The van der Waals surface area contributed by atoms with Crippen LogP contribution in [0.3, 0.4) is 0 Å². The third-order valence-corrected chi connectivity index (χ3v) is 3.77. The lowest BCUT2D eigenvalue weighted by molar-refractivity contribution is 0.583. The Kier molecular flexibility index (Phi) is 4.12. The smallest absolute Gasteiger partial charge is 0.127 e. The minimum Gasteiger partial charge on any atom is -0.207 e. The molecular formula is C15H13BrF2. The first-order valence-electron chi connectivity index (χ1n) is 5.71. The molecule has 0 heterocycles. The van der Waals surface area contributed by atoms with E-state index in [0.717, 1.165) is 23.3 Å². The minimum absolute atomic E-state index is 0.228. The van der Waals surface area contributed by atoms with Crippen molar-refractivity contribution in [1.82, 2.24) is 0 Å². The molecule has 1 atom stereocenters. The van der Waals surface area contributed by atoms with Crippen molar-refractivity contribution in [3.63, 3.8) is 0 Å². The summed E-state index contributed by atoms with van der Waals surface area (Å²) in [6.45, 7) is 2.01. The zero-order valence-corrected chi connectivity index (χ0v) is 11.5. The predicted molar refractivity (Wildman–Crippen MR) is 72.9 cm³/mol. The van der Waals surface area contributed by atoms with E-state index in [2.05, 4.69) is 15.9 Å². The Hall–Kier alpha value is -1.22. The number of aryl methyl sites for hydroxylation is 1. The fraction of sp³-hybridized carbons (Fsp3) is 0.200. The second-order valence-corrected chi connectivity index (χ2v) is 5.37. The zero-order valence-electron chi connectivity index (χ0n) is 9.96.